The van der Waals surface area contributed by atoms with Gasteiger partial charge in [-0.2, -0.15) is 27.5 Å². The van der Waals surface area contributed by atoms with E-state index in [4.69, 9.17) is 17.5 Å². The molecule has 0 N–H and O–H groups in total. The Morgan fingerprint density at radius 1 is 0.405 bits per heavy atom. The van der Waals surface area contributed by atoms with Crippen molar-refractivity contribution < 1.29 is 8.78 Å². The van der Waals surface area contributed by atoms with E-state index in [-0.39, 0.29) is 11.6 Å². The highest BCUT2D eigenvalue weighted by molar-refractivity contribution is 8.34. The van der Waals surface area contributed by atoms with Crippen LogP contribution in [0.5, 0.6) is 0 Å². The Hall–Kier alpha value is -3.51. The molecule has 2 unspecified atom stereocenters. The minimum atomic E-state index is -1.69. The van der Waals surface area contributed by atoms with Crippen LogP contribution >= 0.6 is 102 Å². The predicted molar refractivity (Wildman–Crippen MR) is 350 cm³/mol. The lowest BCUT2D eigenvalue weighted by Crippen LogP contribution is -2.20. The van der Waals surface area contributed by atoms with Crippen molar-refractivity contribution in [1.82, 2.24) is 17.5 Å². The van der Waals surface area contributed by atoms with Crippen LogP contribution in [0, 0.1) is 23.5 Å². The van der Waals surface area contributed by atoms with Crippen molar-refractivity contribution in [3.05, 3.63) is 94.2 Å². The van der Waals surface area contributed by atoms with Gasteiger partial charge in [0.1, 0.15) is 33.7 Å². The number of aromatic nitrogens is 4. The first kappa shape index (κ1) is 57.3. The Morgan fingerprint density at radius 3 is 1.22 bits per heavy atom. The first-order valence-electron chi connectivity index (χ1n) is 29.0. The fraction of sp³-hybridized carbons (Fsp3) is 0.438. The summed E-state index contributed by atoms with van der Waals surface area (Å²) in [6.45, 7) is 13.9. The molecule has 0 saturated carbocycles. The zero-order valence-electron chi connectivity index (χ0n) is 46.4. The van der Waals surface area contributed by atoms with E-state index in [9.17, 15) is 0 Å². The molecule has 9 heterocycles. The standard InChI is InChI=1S/C64H72F2N4S9/c1-7-13-17-19-23-41-25-27-49(71-41)51-31-29-47(73-51)43-33-45(65)57(61-59(43)67-77-69-61)53-35-55-63(75-53)64-56(79(55,37-39(11-5)21-15-9-3)38-40(12-6)22-16-10-4)36-54(76-64)58-46(66)34-44(60-62(58)70-78-68-60)48-30-32-52(74-48)50-28-26-42(72-50)24-20-18-14-8-2/h25-36,39-40H,7-24,37-38H2,1-6H3. The molecule has 0 fully saturated rings. The highest BCUT2D eigenvalue weighted by Gasteiger charge is 2.45. The number of fused-ring (bicyclic) bond motifs is 5. The van der Waals surface area contributed by atoms with Gasteiger partial charge in [0, 0.05) is 69.7 Å². The molecule has 0 radical (unpaired) electrons. The molecule has 4 nitrogen and oxygen atoms in total. The number of hydrogen-bond acceptors (Lipinski definition) is 12. The van der Waals surface area contributed by atoms with Crippen molar-refractivity contribution in [2.45, 2.75) is 167 Å². The molecule has 2 aromatic carbocycles. The average molecular weight is 1220 g/mol. The molecule has 0 amide bonds. The highest BCUT2D eigenvalue weighted by Crippen LogP contribution is 2.77. The zero-order chi connectivity index (χ0) is 54.6. The lowest BCUT2D eigenvalue weighted by atomic mass is 10.0. The lowest BCUT2D eigenvalue weighted by Gasteiger charge is -2.42. The number of aryl methyl sites for hydroxylation is 2. The number of unbranched alkanes of at least 4 members (excludes halogenated alkanes) is 8. The summed E-state index contributed by atoms with van der Waals surface area (Å²) in [5.74, 6) is 2.71. The second-order valence-corrected chi connectivity index (χ2v) is 32.6. The molecule has 79 heavy (non-hydrogen) atoms. The van der Waals surface area contributed by atoms with Gasteiger partial charge in [-0.05, 0) is 135 Å². The van der Waals surface area contributed by atoms with Gasteiger partial charge in [-0.15, -0.1) is 68.0 Å². The van der Waals surface area contributed by atoms with Gasteiger partial charge in [0.25, 0.3) is 0 Å². The summed E-state index contributed by atoms with van der Waals surface area (Å²) in [6.07, 6.45) is 21.6. The van der Waals surface area contributed by atoms with E-state index >= 15 is 8.78 Å². The Morgan fingerprint density at radius 2 is 0.797 bits per heavy atom. The van der Waals surface area contributed by atoms with E-state index in [0.717, 1.165) is 91.7 Å². The molecular formula is C64H72F2N4S9. The number of halogens is 2. The fourth-order valence-corrected chi connectivity index (χ4v) is 26.1. The van der Waals surface area contributed by atoms with E-state index < -0.39 is 10.0 Å². The third kappa shape index (κ3) is 11.8. The topological polar surface area (TPSA) is 51.6 Å². The summed E-state index contributed by atoms with van der Waals surface area (Å²) in [5, 5.41) is 0. The van der Waals surface area contributed by atoms with Gasteiger partial charge >= 0.3 is 0 Å². The van der Waals surface area contributed by atoms with E-state index in [2.05, 4.69) is 102 Å². The predicted octanol–water partition coefficient (Wildman–Crippen LogP) is 24.2. The molecule has 10 aromatic rings. The monoisotopic (exact) mass is 1220 g/mol. The molecule has 11 rings (SSSR count). The minimum Gasteiger partial charge on any atom is -0.206 e. The van der Waals surface area contributed by atoms with Crippen LogP contribution in [0.2, 0.25) is 0 Å². The van der Waals surface area contributed by atoms with Crippen molar-refractivity contribution in [3.8, 4) is 71.0 Å². The van der Waals surface area contributed by atoms with Gasteiger partial charge < -0.3 is 0 Å². The molecule has 0 bridgehead atoms. The molecular weight excluding hydrogens is 1150 g/mol. The highest BCUT2D eigenvalue weighted by atomic mass is 32.3. The van der Waals surface area contributed by atoms with Crippen LogP contribution in [0.15, 0.2) is 82.6 Å². The van der Waals surface area contributed by atoms with Crippen molar-refractivity contribution in [2.75, 3.05) is 11.5 Å². The second kappa shape index (κ2) is 26.0. The molecule has 416 valence electrons. The molecule has 0 spiro atoms. The Labute approximate surface area is 500 Å². The van der Waals surface area contributed by atoms with E-state index in [1.54, 1.807) is 57.5 Å². The molecule has 2 atom stereocenters. The molecule has 0 saturated heterocycles. The SMILES string of the molecule is CCCCCCc1ccc(-c2ccc(-c3cc(F)c(-c4cc5c(s4)-c4sc(-c6c(F)cc(-c7ccc(-c8ccc(CCCCCC)s8)s7)c7nsnc67)cc4S5(CC(CC)CCCC)CC(CC)CCCC)c4nsnc34)s2)s1. The number of benzene rings is 2. The summed E-state index contributed by atoms with van der Waals surface area (Å²) in [4.78, 5) is 16.8. The normalized spacial score (nSPS) is 14.2. The van der Waals surface area contributed by atoms with Crippen molar-refractivity contribution >= 4 is 124 Å². The molecule has 1 aliphatic heterocycles. The number of rotatable bonds is 28. The third-order valence-corrected chi connectivity index (χ3v) is 29.3. The summed E-state index contributed by atoms with van der Waals surface area (Å²) >= 11 is 12.9. The van der Waals surface area contributed by atoms with Crippen LogP contribution in [0.4, 0.5) is 8.78 Å². The van der Waals surface area contributed by atoms with Crippen LogP contribution in [-0.4, -0.2) is 29.0 Å². The Bertz CT molecular complexity index is 3420. The van der Waals surface area contributed by atoms with Gasteiger partial charge in [0.05, 0.1) is 44.3 Å². The molecule has 15 heteroatoms. The number of hydrogen-bond donors (Lipinski definition) is 0. The maximum absolute atomic E-state index is 17.5. The fourth-order valence-electron chi connectivity index (χ4n) is 11.7. The number of thiophene rings is 6. The van der Waals surface area contributed by atoms with Crippen molar-refractivity contribution in [1.29, 1.82) is 0 Å². The van der Waals surface area contributed by atoms with E-state index in [1.807, 2.05) is 22.7 Å². The van der Waals surface area contributed by atoms with E-state index in [1.165, 1.54) is 149 Å². The number of nitrogens with zero attached hydrogens (tertiary/aromatic N) is 4. The van der Waals surface area contributed by atoms with Gasteiger partial charge in [-0.3, -0.25) is 0 Å². The minimum absolute atomic E-state index is 0.261. The summed E-state index contributed by atoms with van der Waals surface area (Å²) < 4.78 is 54.6. The summed E-state index contributed by atoms with van der Waals surface area (Å²) in [7, 11) is -1.69. The van der Waals surface area contributed by atoms with Gasteiger partial charge in [-0.1, -0.05) is 119 Å². The van der Waals surface area contributed by atoms with E-state index in [0.29, 0.717) is 34.0 Å². The van der Waals surface area contributed by atoms with Crippen molar-refractivity contribution in [3.63, 3.8) is 0 Å². The third-order valence-electron chi connectivity index (χ3n) is 16.1. The molecule has 0 aliphatic carbocycles. The Balaban J connectivity index is 0.992. The average Bonchev–Trinajstić information content (AvgIpc) is 3.45. The zero-order valence-corrected chi connectivity index (χ0v) is 53.8. The smallest absolute Gasteiger partial charge is 0.134 e. The first-order chi connectivity index (χ1) is 38.7. The first-order valence-corrected chi connectivity index (χ1v) is 37.4. The van der Waals surface area contributed by atoms with Crippen LogP contribution in [-0.2, 0) is 12.8 Å². The maximum Gasteiger partial charge on any atom is 0.134 e. The second-order valence-electron chi connectivity index (χ2n) is 21.6. The lowest BCUT2D eigenvalue weighted by molar-refractivity contribution is 0.484. The Kier molecular flexibility index (Phi) is 18.8. The van der Waals surface area contributed by atoms with Crippen molar-refractivity contribution in [2.24, 2.45) is 11.8 Å². The molecule has 8 aromatic heterocycles. The van der Waals surface area contributed by atoms with Crippen LogP contribution < -0.4 is 0 Å². The quantitative estimate of drug-likeness (QED) is 0.0459. The summed E-state index contributed by atoms with van der Waals surface area (Å²) in [5.41, 5.74) is 5.48. The van der Waals surface area contributed by atoms with Gasteiger partial charge in [0.15, 0.2) is 0 Å². The van der Waals surface area contributed by atoms with Crippen LogP contribution in [0.3, 0.4) is 0 Å². The van der Waals surface area contributed by atoms with Gasteiger partial charge in [-0.25, -0.2) is 8.78 Å². The van der Waals surface area contributed by atoms with Crippen LogP contribution in [0.1, 0.15) is 154 Å². The van der Waals surface area contributed by atoms with Gasteiger partial charge in [0.2, 0.25) is 0 Å². The maximum atomic E-state index is 17.5. The largest absolute Gasteiger partial charge is 0.206 e. The molecule has 1 aliphatic rings. The summed E-state index contributed by atoms with van der Waals surface area (Å²) in [6, 6.07) is 25.9. The van der Waals surface area contributed by atoms with Crippen LogP contribution in [0.25, 0.3) is 93.1 Å².